The molecule has 19 heavy (non-hydrogen) atoms. The summed E-state index contributed by atoms with van der Waals surface area (Å²) in [6, 6.07) is 6.89. The lowest BCUT2D eigenvalue weighted by Gasteiger charge is -2.43. The summed E-state index contributed by atoms with van der Waals surface area (Å²) in [4.78, 5) is 4.11. The molecule has 0 amide bonds. The van der Waals surface area contributed by atoms with Crippen molar-refractivity contribution in [3.8, 4) is 0 Å². The van der Waals surface area contributed by atoms with Crippen LogP contribution in [0.15, 0.2) is 29.3 Å². The van der Waals surface area contributed by atoms with E-state index < -0.39 is 0 Å². The highest BCUT2D eigenvalue weighted by molar-refractivity contribution is 14.0. The molecule has 1 aliphatic carbocycles. The minimum absolute atomic E-state index is 0. The van der Waals surface area contributed by atoms with E-state index in [1.807, 2.05) is 19.2 Å². The Bertz CT molecular complexity index is 427. The van der Waals surface area contributed by atoms with Crippen molar-refractivity contribution in [2.24, 2.45) is 4.99 Å². The highest BCUT2D eigenvalue weighted by Crippen LogP contribution is 2.43. The second kappa shape index (κ2) is 7.07. The quantitative estimate of drug-likeness (QED) is 0.483. The van der Waals surface area contributed by atoms with Crippen molar-refractivity contribution >= 4 is 29.9 Å². The maximum Gasteiger partial charge on any atom is 0.190 e. The van der Waals surface area contributed by atoms with Crippen LogP contribution in [-0.4, -0.2) is 26.6 Å². The van der Waals surface area contributed by atoms with Crippen LogP contribution in [0.2, 0.25) is 0 Å². The first-order valence-corrected chi connectivity index (χ1v) is 6.35. The third kappa shape index (κ3) is 3.58. The summed E-state index contributed by atoms with van der Waals surface area (Å²) in [6.07, 6.45) is 3.52. The number of hydrogen-bond donors (Lipinski definition) is 2. The topological polar surface area (TPSA) is 36.4 Å². The first-order valence-electron chi connectivity index (χ1n) is 6.35. The van der Waals surface area contributed by atoms with Crippen molar-refractivity contribution in [1.82, 2.24) is 10.6 Å². The molecule has 2 rings (SSSR count). The molecule has 1 fully saturated rings. The number of halogens is 2. The normalized spacial score (nSPS) is 17.1. The second-order valence-electron chi connectivity index (χ2n) is 4.82. The monoisotopic (exact) mass is 377 g/mol. The summed E-state index contributed by atoms with van der Waals surface area (Å²) in [5.74, 6) is 0.621. The average Bonchev–Trinajstić information content (AvgIpc) is 2.34. The van der Waals surface area contributed by atoms with E-state index in [1.54, 1.807) is 19.2 Å². The van der Waals surface area contributed by atoms with Crippen molar-refractivity contribution in [2.75, 3.05) is 20.6 Å². The molecule has 1 aromatic carbocycles. The smallest absolute Gasteiger partial charge is 0.190 e. The fourth-order valence-corrected chi connectivity index (χ4v) is 2.51. The molecular weight excluding hydrogens is 356 g/mol. The van der Waals surface area contributed by atoms with Gasteiger partial charge in [0.1, 0.15) is 5.82 Å². The van der Waals surface area contributed by atoms with Gasteiger partial charge in [-0.15, -0.1) is 24.0 Å². The van der Waals surface area contributed by atoms with E-state index in [0.29, 0.717) is 0 Å². The molecule has 1 aliphatic rings. The van der Waals surface area contributed by atoms with Crippen LogP contribution in [0.4, 0.5) is 4.39 Å². The molecule has 0 aromatic heterocycles. The highest BCUT2D eigenvalue weighted by Gasteiger charge is 2.38. The van der Waals surface area contributed by atoms with Crippen molar-refractivity contribution in [2.45, 2.75) is 24.7 Å². The molecule has 0 unspecified atom stereocenters. The third-order valence-electron chi connectivity index (χ3n) is 3.82. The van der Waals surface area contributed by atoms with Crippen molar-refractivity contribution in [3.63, 3.8) is 0 Å². The summed E-state index contributed by atoms with van der Waals surface area (Å²) in [5.41, 5.74) is 1.36. The molecular formula is C14H21FIN3. The maximum atomic E-state index is 13.0. The fraction of sp³-hybridized carbons (Fsp3) is 0.500. The summed E-state index contributed by atoms with van der Waals surface area (Å²) < 4.78 is 13.0. The predicted octanol–water partition coefficient (Wildman–Crippen LogP) is 2.66. The number of guanidine groups is 1. The zero-order valence-electron chi connectivity index (χ0n) is 11.4. The van der Waals surface area contributed by atoms with E-state index in [4.69, 9.17) is 0 Å². The second-order valence-corrected chi connectivity index (χ2v) is 4.82. The van der Waals surface area contributed by atoms with E-state index in [9.17, 15) is 4.39 Å². The first kappa shape index (κ1) is 16.2. The number of hydrogen-bond acceptors (Lipinski definition) is 1. The number of nitrogens with one attached hydrogen (secondary N) is 2. The Balaban J connectivity index is 0.00000180. The molecule has 0 heterocycles. The molecule has 2 N–H and O–H groups in total. The minimum atomic E-state index is -0.174. The lowest BCUT2D eigenvalue weighted by Crippen LogP contribution is -2.48. The molecule has 106 valence electrons. The third-order valence-corrected chi connectivity index (χ3v) is 3.82. The van der Waals surface area contributed by atoms with Gasteiger partial charge in [0.2, 0.25) is 0 Å². The zero-order chi connectivity index (χ0) is 13.0. The number of aliphatic imine (C=N–C) groups is 1. The Morgan fingerprint density at radius 1 is 1.32 bits per heavy atom. The molecule has 0 atom stereocenters. The van der Waals surface area contributed by atoms with Gasteiger partial charge in [0.25, 0.3) is 0 Å². The van der Waals surface area contributed by atoms with Gasteiger partial charge in [-0.05, 0) is 30.5 Å². The van der Waals surface area contributed by atoms with E-state index in [1.165, 1.54) is 12.0 Å². The van der Waals surface area contributed by atoms with Crippen molar-refractivity contribution in [3.05, 3.63) is 35.6 Å². The van der Waals surface area contributed by atoms with Crippen LogP contribution in [-0.2, 0) is 5.41 Å². The lowest BCUT2D eigenvalue weighted by molar-refractivity contribution is 0.243. The van der Waals surface area contributed by atoms with Gasteiger partial charge in [0, 0.05) is 26.1 Å². The Labute approximate surface area is 131 Å². The lowest BCUT2D eigenvalue weighted by atomic mass is 9.64. The van der Waals surface area contributed by atoms with Gasteiger partial charge in [-0.3, -0.25) is 4.99 Å². The largest absolute Gasteiger partial charge is 0.359 e. The zero-order valence-corrected chi connectivity index (χ0v) is 13.7. The highest BCUT2D eigenvalue weighted by atomic mass is 127. The van der Waals surface area contributed by atoms with Crippen LogP contribution >= 0.6 is 24.0 Å². The predicted molar refractivity (Wildman–Crippen MR) is 87.8 cm³/mol. The van der Waals surface area contributed by atoms with Crippen LogP contribution in [0.5, 0.6) is 0 Å². The number of nitrogens with zero attached hydrogens (tertiary/aromatic N) is 1. The summed E-state index contributed by atoms with van der Waals surface area (Å²) in [6.45, 7) is 0.839. The Morgan fingerprint density at radius 2 is 1.95 bits per heavy atom. The summed E-state index contributed by atoms with van der Waals surface area (Å²) >= 11 is 0. The van der Waals surface area contributed by atoms with Crippen LogP contribution in [0.1, 0.15) is 24.8 Å². The van der Waals surface area contributed by atoms with Gasteiger partial charge < -0.3 is 10.6 Å². The van der Waals surface area contributed by atoms with E-state index in [2.05, 4.69) is 15.6 Å². The molecule has 0 radical (unpaired) electrons. The minimum Gasteiger partial charge on any atom is -0.359 e. The van der Waals surface area contributed by atoms with E-state index in [0.717, 1.165) is 25.3 Å². The van der Waals surface area contributed by atoms with Gasteiger partial charge in [0.05, 0.1) is 0 Å². The van der Waals surface area contributed by atoms with Gasteiger partial charge >= 0.3 is 0 Å². The molecule has 0 aliphatic heterocycles. The van der Waals surface area contributed by atoms with Gasteiger partial charge in [-0.25, -0.2) is 4.39 Å². The van der Waals surface area contributed by atoms with Crippen LogP contribution in [0.25, 0.3) is 0 Å². The molecule has 0 bridgehead atoms. The Morgan fingerprint density at radius 3 is 2.37 bits per heavy atom. The molecule has 5 heteroatoms. The number of rotatable bonds is 3. The standard InChI is InChI=1S/C14H20FN3.HI/c1-16-13(17-2)18-10-14(8-3-9-14)11-4-6-12(15)7-5-11;/h4-7H,3,8-10H2,1-2H3,(H2,16,17,18);1H. The van der Waals surface area contributed by atoms with Gasteiger partial charge in [-0.1, -0.05) is 18.6 Å². The molecule has 0 saturated heterocycles. The molecule has 3 nitrogen and oxygen atoms in total. The fourth-order valence-electron chi connectivity index (χ4n) is 2.51. The van der Waals surface area contributed by atoms with Gasteiger partial charge in [0.15, 0.2) is 5.96 Å². The Kier molecular flexibility index (Phi) is 6.03. The number of benzene rings is 1. The van der Waals surface area contributed by atoms with Gasteiger partial charge in [-0.2, -0.15) is 0 Å². The van der Waals surface area contributed by atoms with E-state index in [-0.39, 0.29) is 35.2 Å². The SMILES string of the molecule is CN=C(NC)NCC1(c2ccc(F)cc2)CCC1.I. The van der Waals surface area contributed by atoms with Crippen LogP contribution < -0.4 is 10.6 Å². The molecule has 0 spiro atoms. The first-order chi connectivity index (χ1) is 8.70. The molecule has 1 aromatic rings. The molecule has 1 saturated carbocycles. The van der Waals surface area contributed by atoms with Crippen LogP contribution in [0.3, 0.4) is 0 Å². The van der Waals surface area contributed by atoms with Crippen LogP contribution in [0, 0.1) is 5.82 Å². The summed E-state index contributed by atoms with van der Waals surface area (Å²) in [7, 11) is 3.60. The Hall–Kier alpha value is -0.850. The average molecular weight is 377 g/mol. The van der Waals surface area contributed by atoms with Crippen molar-refractivity contribution in [1.29, 1.82) is 0 Å². The van der Waals surface area contributed by atoms with Crippen molar-refractivity contribution < 1.29 is 4.39 Å². The van der Waals surface area contributed by atoms with E-state index >= 15 is 0 Å². The maximum absolute atomic E-state index is 13.0. The summed E-state index contributed by atoms with van der Waals surface area (Å²) in [5, 5.41) is 6.33.